The number of hydrogen-bond donors (Lipinski definition) is 0. The average Bonchev–Trinajstić information content (AvgIpc) is 2.23. The Hall–Kier alpha value is 0.391. The lowest BCUT2D eigenvalue weighted by molar-refractivity contribution is 1.43. The first-order valence-corrected chi connectivity index (χ1v) is 21.4. The molecule has 0 saturated heterocycles. The van der Waals surface area contributed by atoms with Crippen molar-refractivity contribution in [2.45, 2.75) is 63.8 Å². The molecule has 0 aliphatic heterocycles. The smallest absolute Gasteiger partial charge is 0.172 e. The van der Waals surface area contributed by atoms with Gasteiger partial charge in [0.2, 0.25) is 0 Å². The van der Waals surface area contributed by atoms with Crippen LogP contribution < -0.4 is 5.30 Å². The minimum absolute atomic E-state index is 0.614. The maximum Gasteiger partial charge on any atom is 0.172 e. The van der Waals surface area contributed by atoms with Gasteiger partial charge < -0.3 is 4.41 Å². The highest BCUT2D eigenvalue weighted by Crippen LogP contribution is 2.64. The molecule has 1 rings (SSSR count). The Morgan fingerprint density at radius 3 is 1.55 bits per heavy atom. The van der Waals surface area contributed by atoms with Gasteiger partial charge in [0, 0.05) is 5.30 Å². The highest BCUT2D eigenvalue weighted by molar-refractivity contribution is 8.01. The Kier molecular flexibility index (Phi) is 6.24. The molecule has 1 aromatic rings. The zero-order valence-electron chi connectivity index (χ0n) is 15.7. The van der Waals surface area contributed by atoms with Crippen molar-refractivity contribution >= 4 is 47.3 Å². The molecular weight excluding hydrogens is 357 g/mol. The van der Waals surface area contributed by atoms with Gasteiger partial charge in [0.25, 0.3) is 0 Å². The molecule has 0 amide bonds. The summed E-state index contributed by atoms with van der Waals surface area (Å²) >= 11 is 7.53. The summed E-state index contributed by atoms with van der Waals surface area (Å²) in [6.07, 6.45) is -2.01. The molecule has 0 bridgehead atoms. The van der Waals surface area contributed by atoms with E-state index in [0.29, 0.717) is 4.91 Å². The molecule has 0 fully saturated rings. The van der Waals surface area contributed by atoms with E-state index < -0.39 is 30.8 Å². The summed E-state index contributed by atoms with van der Waals surface area (Å²) in [5.74, 6) is 0. The quantitative estimate of drug-likeness (QED) is 0.396. The summed E-state index contributed by atoms with van der Waals surface area (Å²) in [6.45, 7) is 21.8. The van der Waals surface area contributed by atoms with E-state index in [-0.39, 0.29) is 0 Å². The summed E-state index contributed by atoms with van der Waals surface area (Å²) in [5.41, 5.74) is 0. The van der Waals surface area contributed by atoms with E-state index in [2.05, 4.69) is 89.3 Å². The van der Waals surface area contributed by atoms with Crippen LogP contribution in [-0.2, 0) is 0 Å². The number of hydrogen-bond acceptors (Lipinski definition) is 1. The van der Waals surface area contributed by atoms with E-state index in [4.69, 9.17) is 15.7 Å². The highest BCUT2D eigenvalue weighted by Gasteiger charge is 2.48. The van der Waals surface area contributed by atoms with Crippen LogP contribution in [0.5, 0.6) is 0 Å². The van der Waals surface area contributed by atoms with Crippen LogP contribution >= 0.6 is 17.6 Å². The minimum Gasteiger partial charge on any atom is -0.320 e. The molecule has 0 aromatic heterocycles. The summed E-state index contributed by atoms with van der Waals surface area (Å²) < 4.78 is 5.43. The Labute approximate surface area is 145 Å². The van der Waals surface area contributed by atoms with Gasteiger partial charge in [0.05, 0.1) is 22.6 Å². The van der Waals surface area contributed by atoms with Crippen LogP contribution in [0.15, 0.2) is 34.7 Å². The molecule has 126 valence electrons. The van der Waals surface area contributed by atoms with E-state index in [1.807, 2.05) is 0 Å². The maximum atomic E-state index is 7.53. The van der Waals surface area contributed by atoms with E-state index in [0.717, 1.165) is 0 Å². The van der Waals surface area contributed by atoms with Crippen molar-refractivity contribution < 1.29 is 0 Å². The topological polar surface area (TPSA) is 12.4 Å². The van der Waals surface area contributed by atoms with E-state index >= 15 is 0 Å². The van der Waals surface area contributed by atoms with Crippen LogP contribution in [0.4, 0.5) is 0 Å². The van der Waals surface area contributed by atoms with Crippen LogP contribution in [0, 0.1) is 0 Å². The van der Waals surface area contributed by atoms with Gasteiger partial charge in [-0.2, -0.15) is 0 Å². The molecule has 0 radical (unpaired) electrons. The predicted molar refractivity (Wildman–Crippen MR) is 115 cm³/mol. The third kappa shape index (κ3) is 5.20. The number of halogens is 1. The van der Waals surface area contributed by atoms with Crippen molar-refractivity contribution in [2.75, 3.05) is 0 Å². The molecule has 0 aliphatic carbocycles. The molecule has 6 heteroatoms. The molecular formula is C16H33ClNPSi3. The molecule has 1 unspecified atom stereocenters. The second-order valence-electron chi connectivity index (χ2n) is 9.34. The molecule has 0 N–H and O–H groups in total. The molecule has 0 spiro atoms. The fraction of sp³-hybridized carbons (Fsp3) is 0.625. The Bertz CT molecular complexity index is 539. The summed E-state index contributed by atoms with van der Waals surface area (Å²) in [5, 5.41) is 1.30. The summed E-state index contributed by atoms with van der Waals surface area (Å²) in [4.78, 5) is 0.614. The van der Waals surface area contributed by atoms with Crippen LogP contribution in [0.3, 0.4) is 0 Å². The Balaban J connectivity index is 3.75. The second-order valence-corrected chi connectivity index (χ2v) is 30.4. The monoisotopic (exact) mass is 389 g/mol. The van der Waals surface area contributed by atoms with E-state index in [1.165, 1.54) is 5.30 Å². The van der Waals surface area contributed by atoms with Gasteiger partial charge in [-0.05, 0) is 4.91 Å². The number of nitrogens with zero attached hydrogens (tertiary/aromatic N) is 1. The minimum atomic E-state index is -2.01. The lowest BCUT2D eigenvalue weighted by Crippen LogP contribution is -2.54. The van der Waals surface area contributed by atoms with Crippen molar-refractivity contribution in [1.82, 2.24) is 0 Å². The standard InChI is InChI=1S/C16H33ClNPSi3/c1-20(2,3)16(21(4,5)6)19(17,18-22(7,8)9)15-13-11-10-12-14-15/h10-14,16H,1-9H3. The van der Waals surface area contributed by atoms with Crippen LogP contribution in [0.2, 0.25) is 58.9 Å². The van der Waals surface area contributed by atoms with Crippen LogP contribution in [0.1, 0.15) is 0 Å². The lowest BCUT2D eigenvalue weighted by Gasteiger charge is -2.45. The first kappa shape index (κ1) is 20.4. The molecule has 0 saturated carbocycles. The van der Waals surface area contributed by atoms with Crippen molar-refractivity contribution in [3.63, 3.8) is 0 Å². The molecule has 1 nitrogen and oxygen atoms in total. The number of benzene rings is 1. The Morgan fingerprint density at radius 2 is 1.23 bits per heavy atom. The van der Waals surface area contributed by atoms with E-state index in [1.54, 1.807) is 0 Å². The zero-order chi connectivity index (χ0) is 17.4. The first-order chi connectivity index (χ1) is 9.68. The van der Waals surface area contributed by atoms with Gasteiger partial charge in [-0.1, -0.05) is 100 Å². The van der Waals surface area contributed by atoms with Gasteiger partial charge in [0.15, 0.2) is 8.24 Å². The molecule has 1 atom stereocenters. The third-order valence-corrected chi connectivity index (χ3v) is 27.0. The maximum absolute atomic E-state index is 7.53. The van der Waals surface area contributed by atoms with Gasteiger partial charge in [-0.3, -0.25) is 0 Å². The SMILES string of the molecule is C[Si](C)(C)N=P(Cl)(c1ccccc1)C([Si](C)(C)C)[Si](C)(C)C. The Morgan fingerprint density at radius 1 is 0.818 bits per heavy atom. The molecule has 22 heavy (non-hydrogen) atoms. The second kappa shape index (κ2) is 6.72. The van der Waals surface area contributed by atoms with Gasteiger partial charge in [-0.25, -0.2) is 0 Å². The zero-order valence-corrected chi connectivity index (χ0v) is 20.4. The highest BCUT2D eigenvalue weighted by atomic mass is 35.7. The van der Waals surface area contributed by atoms with E-state index in [9.17, 15) is 0 Å². The van der Waals surface area contributed by atoms with Crippen molar-refractivity contribution in [2.24, 2.45) is 4.41 Å². The first-order valence-electron chi connectivity index (χ1n) is 8.06. The summed E-state index contributed by atoms with van der Waals surface area (Å²) in [6, 6.07) is 10.8. The number of rotatable bonds is 5. The fourth-order valence-corrected chi connectivity index (χ4v) is 37.2. The van der Waals surface area contributed by atoms with Crippen molar-refractivity contribution in [3.05, 3.63) is 30.3 Å². The van der Waals surface area contributed by atoms with Gasteiger partial charge in [0.1, 0.15) is 0 Å². The normalized spacial score (nSPS) is 16.5. The molecule has 0 heterocycles. The molecule has 1 aromatic carbocycles. The van der Waals surface area contributed by atoms with Crippen molar-refractivity contribution in [3.8, 4) is 0 Å². The van der Waals surface area contributed by atoms with Crippen molar-refractivity contribution in [1.29, 1.82) is 0 Å². The average molecular weight is 390 g/mol. The third-order valence-electron chi connectivity index (χ3n) is 3.55. The lowest BCUT2D eigenvalue weighted by atomic mass is 10.4. The largest absolute Gasteiger partial charge is 0.320 e. The summed E-state index contributed by atoms with van der Waals surface area (Å²) in [7, 11) is -4.47. The predicted octanol–water partition coefficient (Wildman–Crippen LogP) is 6.63. The van der Waals surface area contributed by atoms with Crippen LogP contribution in [0.25, 0.3) is 0 Å². The van der Waals surface area contributed by atoms with Gasteiger partial charge >= 0.3 is 0 Å². The van der Waals surface area contributed by atoms with Gasteiger partial charge in [-0.15, -0.1) is 0 Å². The van der Waals surface area contributed by atoms with Crippen LogP contribution in [-0.4, -0.2) is 29.3 Å². The fourth-order valence-electron chi connectivity index (χ4n) is 3.66. The molecule has 0 aliphatic rings.